The van der Waals surface area contributed by atoms with Gasteiger partial charge in [-0.1, -0.05) is 0 Å². The minimum Gasteiger partial charge on any atom is -0.376 e. The number of nitriles is 1. The maximum Gasteiger partial charge on any atom is 0.157 e. The zero-order valence-corrected chi connectivity index (χ0v) is 9.12. The molecule has 0 atom stereocenters. The number of imidazole rings is 1. The first kappa shape index (κ1) is 10.2. The molecule has 2 aromatic rings. The smallest absolute Gasteiger partial charge is 0.157 e. The molecule has 0 aliphatic heterocycles. The van der Waals surface area contributed by atoms with Crippen LogP contribution in [-0.4, -0.2) is 28.6 Å². The molecule has 0 saturated carbocycles. The van der Waals surface area contributed by atoms with Gasteiger partial charge in [0, 0.05) is 32.7 Å². The number of hydrogen-bond donors (Lipinski definition) is 0. The predicted molar refractivity (Wildman–Crippen MR) is 60.4 cm³/mol. The molecule has 0 unspecified atom stereocenters. The highest BCUT2D eigenvalue weighted by Crippen LogP contribution is 2.21. The van der Waals surface area contributed by atoms with Crippen molar-refractivity contribution in [2.24, 2.45) is 0 Å². The van der Waals surface area contributed by atoms with Crippen LogP contribution >= 0.6 is 0 Å². The molecule has 0 bridgehead atoms. The predicted octanol–water partition coefficient (Wildman–Crippen LogP) is 1.20. The van der Waals surface area contributed by atoms with E-state index in [9.17, 15) is 5.26 Å². The molecule has 2 heterocycles. The molecule has 0 aliphatic carbocycles. The lowest BCUT2D eigenvalue weighted by Gasteiger charge is -2.15. The fraction of sp³-hybridized carbons (Fsp3) is 0.182. The Bertz CT molecular complexity index is 522. The van der Waals surface area contributed by atoms with Crippen LogP contribution in [0.2, 0.25) is 0 Å². The molecule has 0 spiro atoms. The van der Waals surface area contributed by atoms with E-state index in [0.29, 0.717) is 11.4 Å². The van der Waals surface area contributed by atoms with Gasteiger partial charge in [0.25, 0.3) is 0 Å². The average molecular weight is 213 g/mol. The Morgan fingerprint density at radius 3 is 2.75 bits per heavy atom. The van der Waals surface area contributed by atoms with Crippen molar-refractivity contribution in [2.75, 3.05) is 19.0 Å². The van der Waals surface area contributed by atoms with Crippen molar-refractivity contribution in [1.29, 1.82) is 5.26 Å². The van der Waals surface area contributed by atoms with Crippen LogP contribution in [0.25, 0.3) is 5.82 Å². The van der Waals surface area contributed by atoms with Gasteiger partial charge in [0.15, 0.2) is 5.82 Å². The Labute approximate surface area is 93.6 Å². The molecule has 2 rings (SSSR count). The standard InChI is InChI=1S/C11H11N5/c1-15(2)10-3-4-14-11(9(10)7-12)16-6-5-13-8-16/h3-6,8H,1-2H3. The van der Waals surface area contributed by atoms with Crippen LogP contribution in [0.1, 0.15) is 5.56 Å². The Morgan fingerprint density at radius 2 is 2.19 bits per heavy atom. The summed E-state index contributed by atoms with van der Waals surface area (Å²) in [4.78, 5) is 10.0. The van der Waals surface area contributed by atoms with E-state index in [0.717, 1.165) is 5.69 Å². The second kappa shape index (κ2) is 4.03. The molecule has 0 radical (unpaired) electrons. The summed E-state index contributed by atoms with van der Waals surface area (Å²) in [6, 6.07) is 4.00. The van der Waals surface area contributed by atoms with Crippen molar-refractivity contribution >= 4 is 5.69 Å². The minimum absolute atomic E-state index is 0.547. The van der Waals surface area contributed by atoms with Gasteiger partial charge in [-0.3, -0.25) is 4.57 Å². The Morgan fingerprint density at radius 1 is 1.38 bits per heavy atom. The maximum atomic E-state index is 9.20. The van der Waals surface area contributed by atoms with Crippen molar-refractivity contribution in [3.8, 4) is 11.9 Å². The Hall–Kier alpha value is -2.35. The summed E-state index contributed by atoms with van der Waals surface area (Å²) in [7, 11) is 3.79. The zero-order valence-electron chi connectivity index (χ0n) is 9.12. The third-order valence-electron chi connectivity index (χ3n) is 2.25. The van der Waals surface area contributed by atoms with Gasteiger partial charge in [-0.05, 0) is 6.07 Å². The molecule has 0 aromatic carbocycles. The lowest BCUT2D eigenvalue weighted by atomic mass is 10.2. The first-order valence-corrected chi connectivity index (χ1v) is 4.79. The van der Waals surface area contributed by atoms with Crippen molar-refractivity contribution < 1.29 is 0 Å². The number of rotatable bonds is 2. The molecule has 5 heteroatoms. The molecule has 0 N–H and O–H groups in total. The number of anilines is 1. The highest BCUT2D eigenvalue weighted by molar-refractivity contribution is 5.64. The molecule has 16 heavy (non-hydrogen) atoms. The molecule has 80 valence electrons. The van der Waals surface area contributed by atoms with Crippen LogP contribution in [0, 0.1) is 11.3 Å². The van der Waals surface area contributed by atoms with Gasteiger partial charge < -0.3 is 4.90 Å². The lowest BCUT2D eigenvalue weighted by Crippen LogP contribution is -2.12. The summed E-state index contributed by atoms with van der Waals surface area (Å²) in [5.41, 5.74) is 1.40. The van der Waals surface area contributed by atoms with E-state index in [4.69, 9.17) is 0 Å². The fourth-order valence-corrected chi connectivity index (χ4v) is 1.50. The molecule has 0 saturated heterocycles. The maximum absolute atomic E-state index is 9.20. The normalized spacial score (nSPS) is 9.81. The van der Waals surface area contributed by atoms with Crippen LogP contribution in [0.4, 0.5) is 5.69 Å². The molecular weight excluding hydrogens is 202 g/mol. The SMILES string of the molecule is CN(C)c1ccnc(-n2ccnc2)c1C#N. The third-order valence-corrected chi connectivity index (χ3v) is 2.25. The second-order valence-electron chi connectivity index (χ2n) is 3.50. The van der Waals surface area contributed by atoms with Crippen molar-refractivity contribution in [3.05, 3.63) is 36.5 Å². The topological polar surface area (TPSA) is 57.7 Å². The van der Waals surface area contributed by atoms with Gasteiger partial charge in [0.2, 0.25) is 0 Å². The lowest BCUT2D eigenvalue weighted by molar-refractivity contribution is 0.976. The third kappa shape index (κ3) is 1.61. The fourth-order valence-electron chi connectivity index (χ4n) is 1.50. The molecule has 5 nitrogen and oxygen atoms in total. The first-order valence-electron chi connectivity index (χ1n) is 4.79. The molecule has 0 amide bonds. The second-order valence-corrected chi connectivity index (χ2v) is 3.50. The van der Waals surface area contributed by atoms with E-state index in [2.05, 4.69) is 16.0 Å². The monoisotopic (exact) mass is 213 g/mol. The van der Waals surface area contributed by atoms with E-state index >= 15 is 0 Å². The largest absolute Gasteiger partial charge is 0.376 e. The Balaban J connectivity index is 2.64. The van der Waals surface area contributed by atoms with E-state index in [1.54, 1.807) is 29.5 Å². The molecule has 0 aliphatic rings. The van der Waals surface area contributed by atoms with Crippen LogP contribution in [0.5, 0.6) is 0 Å². The van der Waals surface area contributed by atoms with E-state index in [1.165, 1.54) is 0 Å². The van der Waals surface area contributed by atoms with Crippen molar-refractivity contribution in [1.82, 2.24) is 14.5 Å². The van der Waals surface area contributed by atoms with Gasteiger partial charge in [-0.2, -0.15) is 5.26 Å². The summed E-state index contributed by atoms with van der Waals surface area (Å²) in [6.07, 6.45) is 6.74. The Kier molecular flexibility index (Phi) is 2.56. The summed E-state index contributed by atoms with van der Waals surface area (Å²) in [5.74, 6) is 0.603. The van der Waals surface area contributed by atoms with Crippen LogP contribution in [-0.2, 0) is 0 Å². The van der Waals surface area contributed by atoms with Gasteiger partial charge in [0.05, 0.1) is 5.69 Å². The van der Waals surface area contributed by atoms with E-state index in [-0.39, 0.29) is 0 Å². The van der Waals surface area contributed by atoms with Crippen LogP contribution in [0.15, 0.2) is 31.0 Å². The van der Waals surface area contributed by atoms with Gasteiger partial charge in [0.1, 0.15) is 18.0 Å². The number of nitrogens with zero attached hydrogens (tertiary/aromatic N) is 5. The van der Waals surface area contributed by atoms with Gasteiger partial charge in [-0.15, -0.1) is 0 Å². The van der Waals surface area contributed by atoms with Gasteiger partial charge >= 0.3 is 0 Å². The van der Waals surface area contributed by atoms with E-state index < -0.39 is 0 Å². The zero-order chi connectivity index (χ0) is 11.5. The van der Waals surface area contributed by atoms with E-state index in [1.807, 2.05) is 25.1 Å². The summed E-state index contributed by atoms with van der Waals surface area (Å²) in [6.45, 7) is 0. The molecule has 2 aromatic heterocycles. The molecule has 0 fully saturated rings. The van der Waals surface area contributed by atoms with Crippen molar-refractivity contribution in [2.45, 2.75) is 0 Å². The highest BCUT2D eigenvalue weighted by atomic mass is 15.1. The average Bonchev–Trinajstić information content (AvgIpc) is 2.81. The number of pyridine rings is 1. The van der Waals surface area contributed by atoms with Crippen LogP contribution < -0.4 is 4.90 Å². The number of hydrogen-bond acceptors (Lipinski definition) is 4. The molecular formula is C11H11N5. The van der Waals surface area contributed by atoms with Gasteiger partial charge in [-0.25, -0.2) is 9.97 Å². The van der Waals surface area contributed by atoms with Crippen molar-refractivity contribution in [3.63, 3.8) is 0 Å². The minimum atomic E-state index is 0.547. The summed E-state index contributed by atoms with van der Waals surface area (Å²) < 4.78 is 1.73. The summed E-state index contributed by atoms with van der Waals surface area (Å²) >= 11 is 0. The highest BCUT2D eigenvalue weighted by Gasteiger charge is 2.11. The van der Waals surface area contributed by atoms with Crippen LogP contribution in [0.3, 0.4) is 0 Å². The quantitative estimate of drug-likeness (QED) is 0.752. The first-order chi connectivity index (χ1) is 7.74. The summed E-state index contributed by atoms with van der Waals surface area (Å²) in [5, 5.41) is 9.20. The number of aromatic nitrogens is 3.